The molecule has 3 rings (SSSR count). The third-order valence-electron chi connectivity index (χ3n) is 4.16. The van der Waals surface area contributed by atoms with Crippen LogP contribution in [0.4, 0.5) is 0 Å². The number of rotatable bonds is 6. The number of carbonyl (C=O) groups is 1. The van der Waals surface area contributed by atoms with Gasteiger partial charge in [0.15, 0.2) is 0 Å². The number of nitriles is 1. The quantitative estimate of drug-likeness (QED) is 0.405. The second kappa shape index (κ2) is 8.65. The summed E-state index contributed by atoms with van der Waals surface area (Å²) in [4.78, 5) is 12.2. The van der Waals surface area contributed by atoms with Crippen LogP contribution in [0.1, 0.15) is 11.1 Å². The van der Waals surface area contributed by atoms with Gasteiger partial charge >= 0.3 is 0 Å². The predicted molar refractivity (Wildman–Crippen MR) is 111 cm³/mol. The van der Waals surface area contributed by atoms with Crippen LogP contribution in [0.25, 0.3) is 23.0 Å². The third-order valence-corrected chi connectivity index (χ3v) is 4.16. The minimum absolute atomic E-state index is 0.0165. The number of carbonyl (C=O) groups excluding carboxylic acids is 1. The number of aryl methyl sites for hydroxylation is 1. The summed E-state index contributed by atoms with van der Waals surface area (Å²) in [6.07, 6.45) is 4.96. The number of benzene rings is 2. The Bertz CT molecular complexity index is 1050. The average Bonchev–Trinajstić information content (AvgIpc) is 3.15. The lowest BCUT2D eigenvalue weighted by Crippen LogP contribution is -2.24. The topological polar surface area (TPSA) is 70.7 Å². The molecule has 1 amide bonds. The van der Waals surface area contributed by atoms with Gasteiger partial charge in [0.2, 0.25) is 0 Å². The van der Waals surface area contributed by atoms with Crippen molar-refractivity contribution in [1.29, 1.82) is 5.26 Å². The highest BCUT2D eigenvalue weighted by atomic mass is 16.1. The number of nitrogens with zero attached hydrogens (tertiary/aromatic N) is 3. The molecule has 0 unspecified atom stereocenters. The second-order valence-electron chi connectivity index (χ2n) is 6.25. The summed E-state index contributed by atoms with van der Waals surface area (Å²) in [6, 6.07) is 19.6. The van der Waals surface area contributed by atoms with E-state index < -0.39 is 5.91 Å². The van der Waals surface area contributed by atoms with Gasteiger partial charge in [-0.1, -0.05) is 54.1 Å². The number of para-hydroxylation sites is 1. The van der Waals surface area contributed by atoms with Crippen molar-refractivity contribution >= 4 is 12.0 Å². The molecule has 1 N–H and O–H groups in total. The Kier molecular flexibility index (Phi) is 5.83. The van der Waals surface area contributed by atoms with Crippen molar-refractivity contribution in [2.75, 3.05) is 6.54 Å². The highest BCUT2D eigenvalue weighted by Crippen LogP contribution is 2.26. The molecule has 0 spiro atoms. The van der Waals surface area contributed by atoms with Crippen LogP contribution in [0.2, 0.25) is 0 Å². The molecule has 1 aromatic heterocycles. The van der Waals surface area contributed by atoms with Crippen LogP contribution < -0.4 is 5.32 Å². The smallest absolute Gasteiger partial charge is 0.262 e. The number of hydrogen-bond acceptors (Lipinski definition) is 3. The molecule has 5 heteroatoms. The van der Waals surface area contributed by atoms with Gasteiger partial charge in [-0.2, -0.15) is 10.4 Å². The highest BCUT2D eigenvalue weighted by molar-refractivity contribution is 6.02. The van der Waals surface area contributed by atoms with Crippen LogP contribution in [0.5, 0.6) is 0 Å². The summed E-state index contributed by atoms with van der Waals surface area (Å²) >= 11 is 0. The van der Waals surface area contributed by atoms with Gasteiger partial charge in [0.1, 0.15) is 11.6 Å². The molecule has 0 atom stereocenters. The lowest BCUT2D eigenvalue weighted by molar-refractivity contribution is -0.116. The summed E-state index contributed by atoms with van der Waals surface area (Å²) in [5, 5.41) is 16.8. The minimum atomic E-state index is -0.440. The van der Waals surface area contributed by atoms with Gasteiger partial charge in [-0.25, -0.2) is 4.68 Å². The van der Waals surface area contributed by atoms with Crippen LogP contribution >= 0.6 is 0 Å². The van der Waals surface area contributed by atoms with Crippen molar-refractivity contribution in [2.45, 2.75) is 6.92 Å². The Morgan fingerprint density at radius 2 is 1.93 bits per heavy atom. The third kappa shape index (κ3) is 4.25. The SMILES string of the molecule is C=CCNC(=O)/C(C#N)=C/c1cn(-c2ccccc2)nc1-c1ccc(C)cc1. The number of hydrogen-bond donors (Lipinski definition) is 1. The average molecular weight is 368 g/mol. The maximum Gasteiger partial charge on any atom is 0.262 e. The molecule has 0 bridgehead atoms. The Balaban J connectivity index is 2.10. The van der Waals surface area contributed by atoms with E-state index in [2.05, 4.69) is 11.9 Å². The first-order valence-electron chi connectivity index (χ1n) is 8.85. The Morgan fingerprint density at radius 1 is 1.21 bits per heavy atom. The molecule has 138 valence electrons. The molecule has 2 aromatic carbocycles. The maximum absolute atomic E-state index is 12.2. The van der Waals surface area contributed by atoms with E-state index in [1.165, 1.54) is 0 Å². The van der Waals surface area contributed by atoms with Gasteiger partial charge in [0, 0.05) is 23.9 Å². The van der Waals surface area contributed by atoms with E-state index in [1.807, 2.05) is 73.8 Å². The van der Waals surface area contributed by atoms with Crippen molar-refractivity contribution in [2.24, 2.45) is 0 Å². The molecule has 0 saturated heterocycles. The van der Waals surface area contributed by atoms with E-state index in [0.717, 1.165) is 16.8 Å². The van der Waals surface area contributed by atoms with Crippen molar-refractivity contribution in [3.8, 4) is 23.0 Å². The van der Waals surface area contributed by atoms with Crippen molar-refractivity contribution < 1.29 is 4.79 Å². The van der Waals surface area contributed by atoms with Gasteiger partial charge in [-0.15, -0.1) is 6.58 Å². The van der Waals surface area contributed by atoms with Gasteiger partial charge in [0.25, 0.3) is 5.91 Å². The first-order valence-corrected chi connectivity index (χ1v) is 8.85. The van der Waals surface area contributed by atoms with Crippen LogP contribution in [0, 0.1) is 18.3 Å². The van der Waals surface area contributed by atoms with Crippen LogP contribution in [-0.4, -0.2) is 22.2 Å². The van der Waals surface area contributed by atoms with E-state index in [4.69, 9.17) is 5.10 Å². The first-order chi connectivity index (χ1) is 13.6. The van der Waals surface area contributed by atoms with Crippen LogP contribution in [0.3, 0.4) is 0 Å². The fourth-order valence-electron chi connectivity index (χ4n) is 2.71. The van der Waals surface area contributed by atoms with E-state index >= 15 is 0 Å². The molecule has 1 heterocycles. The molecule has 0 radical (unpaired) electrons. The zero-order valence-electron chi connectivity index (χ0n) is 15.6. The highest BCUT2D eigenvalue weighted by Gasteiger charge is 2.14. The Hall–Kier alpha value is -3.91. The molecule has 0 aliphatic rings. The second-order valence-corrected chi connectivity index (χ2v) is 6.25. The Morgan fingerprint density at radius 3 is 2.57 bits per heavy atom. The number of nitrogens with one attached hydrogen (secondary N) is 1. The summed E-state index contributed by atoms with van der Waals surface area (Å²) in [5.41, 5.74) is 4.36. The fraction of sp³-hybridized carbons (Fsp3) is 0.0870. The molecule has 3 aromatic rings. The molecule has 0 aliphatic heterocycles. The molecule has 0 saturated carbocycles. The number of amides is 1. The summed E-state index contributed by atoms with van der Waals surface area (Å²) in [7, 11) is 0. The van der Waals surface area contributed by atoms with Crippen molar-refractivity contribution in [1.82, 2.24) is 15.1 Å². The maximum atomic E-state index is 12.2. The summed E-state index contributed by atoms with van der Waals surface area (Å²) < 4.78 is 1.75. The molecule has 0 fully saturated rings. The van der Waals surface area contributed by atoms with Crippen LogP contribution in [-0.2, 0) is 4.79 Å². The number of aromatic nitrogens is 2. The van der Waals surface area contributed by atoms with E-state index in [1.54, 1.807) is 16.8 Å². The van der Waals surface area contributed by atoms with Crippen molar-refractivity contribution in [3.63, 3.8) is 0 Å². The molecule has 28 heavy (non-hydrogen) atoms. The first kappa shape index (κ1) is 18.9. The lowest BCUT2D eigenvalue weighted by atomic mass is 10.0. The summed E-state index contributed by atoms with van der Waals surface area (Å²) in [6.45, 7) is 5.89. The molecular formula is C23H20N4O. The van der Waals surface area contributed by atoms with Gasteiger partial charge in [-0.3, -0.25) is 4.79 Å². The van der Waals surface area contributed by atoms with E-state index in [-0.39, 0.29) is 5.57 Å². The van der Waals surface area contributed by atoms with Gasteiger partial charge < -0.3 is 5.32 Å². The van der Waals surface area contributed by atoms with Gasteiger partial charge in [-0.05, 0) is 25.1 Å². The molecular weight excluding hydrogens is 348 g/mol. The standard InChI is InChI=1S/C23H20N4O/c1-3-13-25-23(28)19(15-24)14-20-16-27(21-7-5-4-6-8-21)26-22(20)18-11-9-17(2)10-12-18/h3-12,14,16H,1,13H2,2H3,(H,25,28)/b19-14+. The fourth-order valence-corrected chi connectivity index (χ4v) is 2.71. The largest absolute Gasteiger partial charge is 0.348 e. The van der Waals surface area contributed by atoms with Gasteiger partial charge in [0.05, 0.1) is 11.4 Å². The monoisotopic (exact) mass is 368 g/mol. The van der Waals surface area contributed by atoms with Crippen LogP contribution in [0.15, 0.2) is 79.0 Å². The molecule has 0 aliphatic carbocycles. The normalized spacial score (nSPS) is 10.9. The van der Waals surface area contributed by atoms with Crippen molar-refractivity contribution in [3.05, 3.63) is 90.1 Å². The Labute approximate surface area is 164 Å². The van der Waals surface area contributed by atoms with E-state index in [9.17, 15) is 10.1 Å². The van der Waals surface area contributed by atoms with E-state index in [0.29, 0.717) is 17.8 Å². The molecule has 5 nitrogen and oxygen atoms in total. The lowest BCUT2D eigenvalue weighted by Gasteiger charge is -2.02. The zero-order valence-corrected chi connectivity index (χ0v) is 15.6. The summed E-state index contributed by atoms with van der Waals surface area (Å²) in [5.74, 6) is -0.440. The zero-order chi connectivity index (χ0) is 19.9. The predicted octanol–water partition coefficient (Wildman–Crippen LogP) is 4.06. The minimum Gasteiger partial charge on any atom is -0.348 e.